The second-order valence-corrected chi connectivity index (χ2v) is 5.65. The Morgan fingerprint density at radius 3 is 1.48 bits per heavy atom. The highest BCUT2D eigenvalue weighted by atomic mass is 16.5. The summed E-state index contributed by atoms with van der Waals surface area (Å²) in [6.45, 7) is 11.1. The number of unbranched alkanes of at least 4 members (excludes halogenated alkanes) is 3. The van der Waals surface area contributed by atoms with Crippen LogP contribution in [0.1, 0.15) is 39.5 Å². The van der Waals surface area contributed by atoms with E-state index < -0.39 is 17.4 Å². The van der Waals surface area contributed by atoms with Gasteiger partial charge in [-0.3, -0.25) is 0 Å². The van der Waals surface area contributed by atoms with Gasteiger partial charge in [0.05, 0.1) is 13.2 Å². The first-order valence-corrected chi connectivity index (χ1v) is 7.63. The lowest BCUT2D eigenvalue weighted by Gasteiger charge is -2.22. The molecule has 134 valence electrons. The number of hydrogen-bond donors (Lipinski definition) is 2. The minimum Gasteiger partial charge on any atom is -0.462 e. The Hall–Kier alpha value is -1.66. The predicted octanol–water partition coefficient (Wildman–Crippen LogP) is 2.00. The average molecular weight is 330 g/mol. The maximum atomic E-state index is 10.8. The highest BCUT2D eigenvalue weighted by Gasteiger charge is 2.21. The molecule has 2 N–H and O–H groups in total. The van der Waals surface area contributed by atoms with Gasteiger partial charge in [0.1, 0.15) is 0 Å². The van der Waals surface area contributed by atoms with Crippen LogP contribution in [0.15, 0.2) is 25.3 Å². The summed E-state index contributed by atoms with van der Waals surface area (Å²) in [5, 5.41) is 16.6. The molecule has 0 aliphatic heterocycles. The molecule has 0 aliphatic rings. The largest absolute Gasteiger partial charge is 0.462 e. The molecule has 0 atom stereocenters. The van der Waals surface area contributed by atoms with E-state index in [-0.39, 0.29) is 26.4 Å². The zero-order chi connectivity index (χ0) is 18.1. The minimum atomic E-state index is -0.488. The summed E-state index contributed by atoms with van der Waals surface area (Å²) in [5.74, 6) is -0.976. The molecule has 0 spiro atoms. The van der Waals surface area contributed by atoms with Crippen molar-refractivity contribution in [3.63, 3.8) is 0 Å². The third-order valence-corrected chi connectivity index (χ3v) is 2.61. The molecule has 0 saturated carbocycles. The fraction of sp³-hybridized carbons (Fsp3) is 0.647. The first-order chi connectivity index (χ1) is 10.8. The van der Waals surface area contributed by atoms with Crippen LogP contribution in [0.4, 0.5) is 0 Å². The first kappa shape index (κ1) is 23.6. The smallest absolute Gasteiger partial charge is 0.330 e. The second-order valence-electron chi connectivity index (χ2n) is 5.65. The molecular formula is C17H30O6. The summed E-state index contributed by atoms with van der Waals surface area (Å²) in [6, 6.07) is 0. The van der Waals surface area contributed by atoms with Crippen molar-refractivity contribution in [3.8, 4) is 0 Å². The normalized spacial score (nSPS) is 10.1. The van der Waals surface area contributed by atoms with Gasteiger partial charge in [0.2, 0.25) is 0 Å². The molecule has 0 aromatic heterocycles. The molecule has 0 bridgehead atoms. The highest BCUT2D eigenvalue weighted by molar-refractivity contribution is 5.81. The van der Waals surface area contributed by atoms with Crippen molar-refractivity contribution in [2.75, 3.05) is 26.4 Å². The summed E-state index contributed by atoms with van der Waals surface area (Å²) in [5.41, 5.74) is -0.419. The monoisotopic (exact) mass is 330 g/mol. The molecule has 0 aromatic carbocycles. The van der Waals surface area contributed by atoms with E-state index in [2.05, 4.69) is 13.2 Å². The zero-order valence-electron chi connectivity index (χ0n) is 14.3. The van der Waals surface area contributed by atoms with E-state index in [1.165, 1.54) is 0 Å². The van der Waals surface area contributed by atoms with Crippen molar-refractivity contribution in [1.29, 1.82) is 0 Å². The topological polar surface area (TPSA) is 93.1 Å². The molecule has 0 rings (SSSR count). The SMILES string of the molecule is C=CC(=O)OCC(C)(C)COC(=O)C=C.OCCCCCCO. The van der Waals surface area contributed by atoms with Gasteiger partial charge in [-0.2, -0.15) is 0 Å². The van der Waals surface area contributed by atoms with Gasteiger partial charge in [0.15, 0.2) is 0 Å². The van der Waals surface area contributed by atoms with Crippen LogP contribution in [0.5, 0.6) is 0 Å². The van der Waals surface area contributed by atoms with Gasteiger partial charge >= 0.3 is 11.9 Å². The Morgan fingerprint density at radius 2 is 1.22 bits per heavy atom. The van der Waals surface area contributed by atoms with Gasteiger partial charge in [-0.1, -0.05) is 39.8 Å². The Kier molecular flexibility index (Phi) is 15.6. The van der Waals surface area contributed by atoms with Crippen LogP contribution in [0.2, 0.25) is 0 Å². The Morgan fingerprint density at radius 1 is 0.870 bits per heavy atom. The van der Waals surface area contributed by atoms with E-state index in [9.17, 15) is 9.59 Å². The van der Waals surface area contributed by atoms with Crippen LogP contribution < -0.4 is 0 Å². The standard InChI is InChI=1S/C11H16O4.C6H14O2/c1-5-9(12)14-7-11(3,4)8-15-10(13)6-2;7-5-3-1-2-4-6-8/h5-6H,1-2,7-8H2,3-4H3;7-8H,1-6H2. The Bertz CT molecular complexity index is 317. The maximum Gasteiger partial charge on any atom is 0.330 e. The third kappa shape index (κ3) is 18.3. The van der Waals surface area contributed by atoms with Gasteiger partial charge < -0.3 is 19.7 Å². The zero-order valence-corrected chi connectivity index (χ0v) is 14.3. The fourth-order valence-electron chi connectivity index (χ4n) is 1.27. The van der Waals surface area contributed by atoms with Crippen molar-refractivity contribution in [2.24, 2.45) is 5.41 Å². The van der Waals surface area contributed by atoms with Gasteiger partial charge in [-0.15, -0.1) is 0 Å². The molecule has 0 unspecified atom stereocenters. The number of ether oxygens (including phenoxy) is 2. The number of aliphatic hydroxyl groups excluding tert-OH is 2. The quantitative estimate of drug-likeness (QED) is 0.342. The molecule has 0 saturated heterocycles. The Labute approximate surface area is 138 Å². The van der Waals surface area contributed by atoms with E-state index in [0.29, 0.717) is 0 Å². The second kappa shape index (κ2) is 15.2. The highest BCUT2D eigenvalue weighted by Crippen LogP contribution is 2.16. The molecular weight excluding hydrogens is 300 g/mol. The van der Waals surface area contributed by atoms with E-state index in [4.69, 9.17) is 19.7 Å². The molecule has 0 radical (unpaired) electrons. The molecule has 6 nitrogen and oxygen atoms in total. The maximum absolute atomic E-state index is 10.8. The summed E-state index contributed by atoms with van der Waals surface area (Å²) >= 11 is 0. The van der Waals surface area contributed by atoms with Crippen LogP contribution in [0.3, 0.4) is 0 Å². The summed E-state index contributed by atoms with van der Waals surface area (Å²) in [6.07, 6.45) is 6.01. The van der Waals surface area contributed by atoms with E-state index in [1.54, 1.807) is 0 Å². The van der Waals surface area contributed by atoms with Crippen molar-refractivity contribution in [1.82, 2.24) is 0 Å². The number of hydrogen-bond acceptors (Lipinski definition) is 6. The van der Waals surface area contributed by atoms with Gasteiger partial charge in [0, 0.05) is 30.8 Å². The predicted molar refractivity (Wildman–Crippen MR) is 88.7 cm³/mol. The minimum absolute atomic E-state index is 0.169. The van der Waals surface area contributed by atoms with Crippen molar-refractivity contribution in [3.05, 3.63) is 25.3 Å². The Balaban J connectivity index is 0. The van der Waals surface area contributed by atoms with Gasteiger partial charge in [0.25, 0.3) is 0 Å². The average Bonchev–Trinajstić information content (AvgIpc) is 2.55. The van der Waals surface area contributed by atoms with Gasteiger partial charge in [-0.25, -0.2) is 9.59 Å². The summed E-state index contributed by atoms with van der Waals surface area (Å²) < 4.78 is 9.70. The molecule has 0 fully saturated rings. The molecule has 6 heteroatoms. The van der Waals surface area contributed by atoms with Crippen molar-refractivity contribution in [2.45, 2.75) is 39.5 Å². The number of carbonyl (C=O) groups excluding carboxylic acids is 2. The lowest BCUT2D eigenvalue weighted by atomic mass is 9.96. The first-order valence-electron chi connectivity index (χ1n) is 7.63. The van der Waals surface area contributed by atoms with Crippen LogP contribution in [0.25, 0.3) is 0 Å². The molecule has 0 amide bonds. The number of rotatable bonds is 11. The van der Waals surface area contributed by atoms with Crippen molar-refractivity contribution >= 4 is 11.9 Å². The molecule has 0 heterocycles. The van der Waals surface area contributed by atoms with Crippen LogP contribution in [-0.2, 0) is 19.1 Å². The van der Waals surface area contributed by atoms with Gasteiger partial charge in [-0.05, 0) is 12.8 Å². The van der Waals surface area contributed by atoms with Crippen LogP contribution in [-0.4, -0.2) is 48.6 Å². The number of carbonyl (C=O) groups is 2. The van der Waals surface area contributed by atoms with E-state index in [1.807, 2.05) is 13.8 Å². The number of esters is 2. The van der Waals surface area contributed by atoms with Crippen LogP contribution in [0, 0.1) is 5.41 Å². The lowest BCUT2D eigenvalue weighted by Crippen LogP contribution is -2.27. The fourth-order valence-corrected chi connectivity index (χ4v) is 1.27. The van der Waals surface area contributed by atoms with Crippen molar-refractivity contribution < 1.29 is 29.3 Å². The molecule has 0 aliphatic carbocycles. The summed E-state index contributed by atoms with van der Waals surface area (Å²) in [4.78, 5) is 21.6. The van der Waals surface area contributed by atoms with Crippen LogP contribution >= 0.6 is 0 Å². The molecule has 23 heavy (non-hydrogen) atoms. The molecule has 0 aromatic rings. The van der Waals surface area contributed by atoms with E-state index >= 15 is 0 Å². The summed E-state index contributed by atoms with van der Waals surface area (Å²) in [7, 11) is 0. The number of aliphatic hydroxyl groups is 2. The third-order valence-electron chi connectivity index (χ3n) is 2.61. The lowest BCUT2D eigenvalue weighted by molar-refractivity contribution is -0.146. The van der Waals surface area contributed by atoms with E-state index in [0.717, 1.165) is 37.8 Å².